The Morgan fingerprint density at radius 3 is 2.73 bits per heavy atom. The van der Waals surface area contributed by atoms with Crippen molar-refractivity contribution in [2.75, 3.05) is 5.73 Å². The maximum atomic E-state index is 6.17. The summed E-state index contributed by atoms with van der Waals surface area (Å²) in [6.07, 6.45) is 0. The number of benzene rings is 2. The van der Waals surface area contributed by atoms with Crippen LogP contribution in [0.15, 0.2) is 36.4 Å². The number of aromatic amines is 1. The van der Waals surface area contributed by atoms with E-state index >= 15 is 0 Å². The molecule has 2 aromatic carbocycles. The topological polar surface area (TPSA) is 41.8 Å². The number of nitrogen functional groups attached to an aromatic ring is 1. The van der Waals surface area contributed by atoms with Crippen LogP contribution in [0.5, 0.6) is 0 Å². The molecule has 0 saturated heterocycles. The number of halogens is 1. The molecule has 0 aliphatic heterocycles. The number of aromatic nitrogens is 1. The predicted molar refractivity (Wildman–Crippen MR) is 65.2 cm³/mol. The highest BCUT2D eigenvalue weighted by Gasteiger charge is 2.08. The van der Waals surface area contributed by atoms with E-state index in [0.29, 0.717) is 0 Å². The summed E-state index contributed by atoms with van der Waals surface area (Å²) in [6.45, 7) is 0. The number of nitrogens with one attached hydrogen (secondary N) is 1. The maximum Gasteiger partial charge on any atom is 0.0713 e. The van der Waals surface area contributed by atoms with Crippen molar-refractivity contribution in [3.05, 3.63) is 41.4 Å². The molecule has 15 heavy (non-hydrogen) atoms. The second kappa shape index (κ2) is 2.91. The number of H-pyrrole nitrogens is 1. The van der Waals surface area contributed by atoms with Crippen molar-refractivity contribution in [1.29, 1.82) is 0 Å². The fourth-order valence-corrected chi connectivity index (χ4v) is 2.20. The Kier molecular flexibility index (Phi) is 1.67. The number of nitrogens with two attached hydrogens (primary N) is 1. The van der Waals surface area contributed by atoms with E-state index in [-0.39, 0.29) is 0 Å². The second-order valence-electron chi connectivity index (χ2n) is 3.56. The molecule has 3 heteroatoms. The summed E-state index contributed by atoms with van der Waals surface area (Å²) in [5.41, 5.74) is 8.61. The Balaban J connectivity index is 2.66. The molecule has 74 valence electrons. The predicted octanol–water partition coefficient (Wildman–Crippen LogP) is 3.56. The number of hydrogen-bond acceptors (Lipinski definition) is 1. The number of hydrogen-bond donors (Lipinski definition) is 2. The smallest absolute Gasteiger partial charge is 0.0713 e. The summed E-state index contributed by atoms with van der Waals surface area (Å²) in [7, 11) is 0. The summed E-state index contributed by atoms with van der Waals surface area (Å²) in [6, 6.07) is 11.7. The maximum absolute atomic E-state index is 6.17. The second-order valence-corrected chi connectivity index (χ2v) is 3.96. The summed E-state index contributed by atoms with van der Waals surface area (Å²) < 4.78 is 0. The van der Waals surface area contributed by atoms with Gasteiger partial charge in [-0.25, -0.2) is 0 Å². The van der Waals surface area contributed by atoms with Gasteiger partial charge < -0.3 is 10.7 Å². The van der Waals surface area contributed by atoms with Gasteiger partial charge in [0, 0.05) is 16.3 Å². The van der Waals surface area contributed by atoms with E-state index < -0.39 is 0 Å². The van der Waals surface area contributed by atoms with E-state index in [1.54, 1.807) is 0 Å². The van der Waals surface area contributed by atoms with Crippen molar-refractivity contribution in [2.24, 2.45) is 0 Å². The molecule has 0 bridgehead atoms. The molecule has 0 amide bonds. The van der Waals surface area contributed by atoms with Crippen molar-refractivity contribution in [1.82, 2.24) is 4.98 Å². The van der Waals surface area contributed by atoms with Gasteiger partial charge in [0.05, 0.1) is 16.2 Å². The molecule has 1 aromatic heterocycles. The third-order valence-corrected chi connectivity index (χ3v) is 2.96. The normalized spacial score (nSPS) is 11.3. The first-order chi connectivity index (χ1) is 7.27. The van der Waals surface area contributed by atoms with Gasteiger partial charge in [-0.3, -0.25) is 0 Å². The Labute approximate surface area is 91.6 Å². The van der Waals surface area contributed by atoms with Gasteiger partial charge in [-0.05, 0) is 18.2 Å². The molecule has 3 N–H and O–H groups in total. The fraction of sp³-hybridized carbons (Fsp3) is 0. The Bertz CT molecular complexity index is 655. The van der Waals surface area contributed by atoms with Crippen LogP contribution >= 0.6 is 11.6 Å². The molecule has 0 spiro atoms. The quantitative estimate of drug-likeness (QED) is 0.555. The Morgan fingerprint density at radius 1 is 1.07 bits per heavy atom. The Hall–Kier alpha value is -1.67. The largest absolute Gasteiger partial charge is 0.397 e. The van der Waals surface area contributed by atoms with Crippen LogP contribution < -0.4 is 5.73 Å². The standard InChI is InChI=1S/C12H9ClN2/c13-8-5-6-9(14)12-11(8)7-3-1-2-4-10(7)15-12/h1-6,15H,14H2. The van der Waals surface area contributed by atoms with E-state index in [1.165, 1.54) is 0 Å². The monoisotopic (exact) mass is 216 g/mol. The van der Waals surface area contributed by atoms with Crippen LogP contribution in [0.25, 0.3) is 21.8 Å². The van der Waals surface area contributed by atoms with E-state index in [4.69, 9.17) is 17.3 Å². The minimum atomic E-state index is 0.727. The minimum Gasteiger partial charge on any atom is -0.397 e. The van der Waals surface area contributed by atoms with E-state index in [0.717, 1.165) is 32.5 Å². The zero-order chi connectivity index (χ0) is 10.4. The van der Waals surface area contributed by atoms with Crippen LogP contribution in [0.3, 0.4) is 0 Å². The zero-order valence-electron chi connectivity index (χ0n) is 7.92. The lowest BCUT2D eigenvalue weighted by atomic mass is 10.1. The van der Waals surface area contributed by atoms with Gasteiger partial charge >= 0.3 is 0 Å². The van der Waals surface area contributed by atoms with E-state index in [9.17, 15) is 0 Å². The SMILES string of the molecule is Nc1ccc(Cl)c2c1[nH]c1ccccc12. The molecule has 1 heterocycles. The molecule has 3 rings (SSSR count). The average Bonchev–Trinajstić information content (AvgIpc) is 2.64. The lowest BCUT2D eigenvalue weighted by Crippen LogP contribution is -1.85. The van der Waals surface area contributed by atoms with Crippen LogP contribution in [0.1, 0.15) is 0 Å². The average molecular weight is 217 g/mol. The third-order valence-electron chi connectivity index (χ3n) is 2.64. The molecule has 0 saturated carbocycles. The van der Waals surface area contributed by atoms with Gasteiger partial charge in [0.25, 0.3) is 0 Å². The van der Waals surface area contributed by atoms with Crippen molar-refractivity contribution in [2.45, 2.75) is 0 Å². The molecule has 0 unspecified atom stereocenters. The molecule has 0 fully saturated rings. The molecule has 0 aliphatic rings. The van der Waals surface area contributed by atoms with Gasteiger partial charge in [-0.2, -0.15) is 0 Å². The van der Waals surface area contributed by atoms with Crippen molar-refractivity contribution < 1.29 is 0 Å². The molecule has 3 aromatic rings. The fourth-order valence-electron chi connectivity index (χ4n) is 1.94. The molecular weight excluding hydrogens is 208 g/mol. The molecular formula is C12H9ClN2. The van der Waals surface area contributed by atoms with Gasteiger partial charge in [-0.1, -0.05) is 29.8 Å². The number of para-hydroxylation sites is 1. The van der Waals surface area contributed by atoms with Crippen molar-refractivity contribution >= 4 is 39.1 Å². The lowest BCUT2D eigenvalue weighted by Gasteiger charge is -1.97. The highest BCUT2D eigenvalue weighted by atomic mass is 35.5. The summed E-state index contributed by atoms with van der Waals surface area (Å²) in [5, 5.41) is 2.86. The first kappa shape index (κ1) is 8.62. The van der Waals surface area contributed by atoms with Gasteiger partial charge in [0.15, 0.2) is 0 Å². The van der Waals surface area contributed by atoms with Crippen LogP contribution in [-0.2, 0) is 0 Å². The third kappa shape index (κ3) is 1.12. The summed E-state index contributed by atoms with van der Waals surface area (Å²) in [4.78, 5) is 3.28. The summed E-state index contributed by atoms with van der Waals surface area (Å²) >= 11 is 6.17. The number of anilines is 1. The Morgan fingerprint density at radius 2 is 1.87 bits per heavy atom. The first-order valence-corrected chi connectivity index (χ1v) is 5.09. The van der Waals surface area contributed by atoms with E-state index in [1.807, 2.05) is 36.4 Å². The van der Waals surface area contributed by atoms with Crippen LogP contribution in [0.2, 0.25) is 5.02 Å². The highest BCUT2D eigenvalue weighted by molar-refractivity contribution is 6.38. The molecule has 0 radical (unpaired) electrons. The van der Waals surface area contributed by atoms with Crippen molar-refractivity contribution in [3.63, 3.8) is 0 Å². The van der Waals surface area contributed by atoms with Gasteiger partial charge in [0.1, 0.15) is 0 Å². The first-order valence-electron chi connectivity index (χ1n) is 4.72. The lowest BCUT2D eigenvalue weighted by molar-refractivity contribution is 1.54. The zero-order valence-corrected chi connectivity index (χ0v) is 8.68. The number of fused-ring (bicyclic) bond motifs is 3. The summed E-state index contributed by atoms with van der Waals surface area (Å²) in [5.74, 6) is 0. The van der Waals surface area contributed by atoms with Crippen molar-refractivity contribution in [3.8, 4) is 0 Å². The molecule has 0 aliphatic carbocycles. The van der Waals surface area contributed by atoms with Crippen LogP contribution in [0, 0.1) is 0 Å². The molecule has 2 nitrogen and oxygen atoms in total. The van der Waals surface area contributed by atoms with Gasteiger partial charge in [0.2, 0.25) is 0 Å². The van der Waals surface area contributed by atoms with Crippen LogP contribution in [0.4, 0.5) is 5.69 Å². The van der Waals surface area contributed by atoms with E-state index in [2.05, 4.69) is 4.98 Å². The highest BCUT2D eigenvalue weighted by Crippen LogP contribution is 2.34. The van der Waals surface area contributed by atoms with Crippen LogP contribution in [-0.4, -0.2) is 4.98 Å². The molecule has 0 atom stereocenters. The minimum absolute atomic E-state index is 0.727. The van der Waals surface area contributed by atoms with Gasteiger partial charge in [-0.15, -0.1) is 0 Å². The number of rotatable bonds is 0.